The maximum absolute atomic E-state index is 13.7. The van der Waals surface area contributed by atoms with E-state index < -0.39 is 23.3 Å². The monoisotopic (exact) mass is 463 g/mol. The minimum absolute atomic E-state index is 0. The summed E-state index contributed by atoms with van der Waals surface area (Å²) in [5.74, 6) is -0.777. The molecule has 0 radical (unpaired) electrons. The number of alkyl halides is 3. The molecule has 27 heavy (non-hydrogen) atoms. The summed E-state index contributed by atoms with van der Waals surface area (Å²) >= 11 is 4.04. The zero-order valence-electron chi connectivity index (χ0n) is 13.5. The van der Waals surface area contributed by atoms with Crippen LogP contribution in [0.5, 0.6) is 5.88 Å². The van der Waals surface area contributed by atoms with E-state index >= 15 is 0 Å². The number of aromatic nitrogens is 3. The predicted molar refractivity (Wildman–Crippen MR) is 93.1 cm³/mol. The number of aromatic amines is 1. The van der Waals surface area contributed by atoms with Crippen LogP contribution in [0.2, 0.25) is 0 Å². The van der Waals surface area contributed by atoms with Crippen molar-refractivity contribution in [1.82, 2.24) is 15.0 Å². The van der Waals surface area contributed by atoms with E-state index in [1.54, 1.807) is 24.3 Å². The Bertz CT molecular complexity index is 1220. The van der Waals surface area contributed by atoms with Crippen LogP contribution < -0.4 is 40.4 Å². The second kappa shape index (κ2) is 7.17. The van der Waals surface area contributed by atoms with Crippen molar-refractivity contribution in [2.45, 2.75) is 6.18 Å². The second-order valence-electron chi connectivity index (χ2n) is 5.39. The molecule has 5 nitrogen and oxygen atoms in total. The molecule has 0 aliphatic carbocycles. The summed E-state index contributed by atoms with van der Waals surface area (Å²) in [6.45, 7) is 0. The van der Waals surface area contributed by atoms with E-state index in [-0.39, 0.29) is 55.7 Å². The molecule has 0 aliphatic rings. The molecule has 3 heterocycles. The molecule has 0 atom stereocenters. The molecule has 0 amide bonds. The first-order valence-corrected chi connectivity index (χ1v) is 8.73. The summed E-state index contributed by atoms with van der Waals surface area (Å²) in [5, 5.41) is 11.6. The van der Waals surface area contributed by atoms with Crippen LogP contribution in [0.15, 0.2) is 39.6 Å². The fourth-order valence-corrected chi connectivity index (χ4v) is 3.92. The first-order chi connectivity index (χ1) is 12.2. The van der Waals surface area contributed by atoms with E-state index in [4.69, 9.17) is 0 Å². The summed E-state index contributed by atoms with van der Waals surface area (Å²) in [5.41, 5.74) is -1.65. The molecule has 0 saturated heterocycles. The summed E-state index contributed by atoms with van der Waals surface area (Å²) in [7, 11) is 0. The van der Waals surface area contributed by atoms with Crippen molar-refractivity contribution in [2.75, 3.05) is 0 Å². The summed E-state index contributed by atoms with van der Waals surface area (Å²) < 4.78 is 41.7. The van der Waals surface area contributed by atoms with Crippen molar-refractivity contribution < 1.29 is 47.8 Å². The van der Waals surface area contributed by atoms with Crippen molar-refractivity contribution in [3.63, 3.8) is 0 Å². The SMILES string of the molecule is O=c1nc2c(sc3nc(-c4ccc(Br)cc4)cc(C(F)(F)F)c32)c([O-])[nH]1.[Na+]. The van der Waals surface area contributed by atoms with Gasteiger partial charge in [-0.15, -0.1) is 11.3 Å². The molecule has 3 aromatic heterocycles. The first-order valence-electron chi connectivity index (χ1n) is 7.12. The van der Waals surface area contributed by atoms with Crippen molar-refractivity contribution >= 4 is 47.7 Å². The number of H-pyrrole nitrogens is 1. The average molecular weight is 464 g/mol. The van der Waals surface area contributed by atoms with Gasteiger partial charge >= 0.3 is 41.4 Å². The van der Waals surface area contributed by atoms with E-state index in [2.05, 4.69) is 25.9 Å². The van der Waals surface area contributed by atoms with Gasteiger partial charge in [0.15, 0.2) is 0 Å². The van der Waals surface area contributed by atoms with Crippen LogP contribution in [0.4, 0.5) is 13.2 Å². The Balaban J connectivity index is 0.00000210. The third kappa shape index (κ3) is 3.64. The molecule has 0 bridgehead atoms. The van der Waals surface area contributed by atoms with Gasteiger partial charge in [0, 0.05) is 10.0 Å². The number of hydrogen-bond donors (Lipinski definition) is 1. The van der Waals surface area contributed by atoms with Crippen molar-refractivity contribution in [1.29, 1.82) is 0 Å². The van der Waals surface area contributed by atoms with Gasteiger partial charge in [-0.25, -0.2) is 9.78 Å². The van der Waals surface area contributed by atoms with Gasteiger partial charge in [-0.05, 0) is 24.1 Å². The number of rotatable bonds is 1. The molecular weight excluding hydrogens is 458 g/mol. The Morgan fingerprint density at radius 1 is 1.15 bits per heavy atom. The Morgan fingerprint density at radius 2 is 1.81 bits per heavy atom. The van der Waals surface area contributed by atoms with Gasteiger partial charge in [-0.3, -0.25) is 0 Å². The van der Waals surface area contributed by atoms with Crippen molar-refractivity contribution in [3.8, 4) is 17.1 Å². The Hall–Kier alpha value is -1.46. The summed E-state index contributed by atoms with van der Waals surface area (Å²) in [6.07, 6.45) is -4.70. The van der Waals surface area contributed by atoms with Crippen LogP contribution in [0.25, 0.3) is 31.7 Å². The molecule has 4 aromatic rings. The van der Waals surface area contributed by atoms with Gasteiger partial charge in [0.05, 0.1) is 26.9 Å². The molecular formula is C16H6BrF3N3NaO2S. The molecule has 0 fully saturated rings. The fourth-order valence-electron chi connectivity index (χ4n) is 2.62. The number of nitrogens with zero attached hydrogens (tertiary/aromatic N) is 2. The number of benzene rings is 1. The predicted octanol–water partition coefficient (Wildman–Crippen LogP) is 1.06. The van der Waals surface area contributed by atoms with E-state index in [1.807, 2.05) is 4.98 Å². The molecule has 0 saturated carbocycles. The van der Waals surface area contributed by atoms with Crippen molar-refractivity contribution in [2.24, 2.45) is 0 Å². The third-order valence-corrected chi connectivity index (χ3v) is 5.32. The molecule has 0 spiro atoms. The van der Waals surface area contributed by atoms with Crippen LogP contribution >= 0.6 is 27.3 Å². The topological polar surface area (TPSA) is 81.7 Å². The van der Waals surface area contributed by atoms with E-state index in [9.17, 15) is 23.1 Å². The van der Waals surface area contributed by atoms with Crippen LogP contribution in [-0.2, 0) is 6.18 Å². The summed E-state index contributed by atoms with van der Waals surface area (Å²) in [6, 6.07) is 7.55. The largest absolute Gasteiger partial charge is 1.00 e. The van der Waals surface area contributed by atoms with Crippen LogP contribution in [0.3, 0.4) is 0 Å². The molecule has 1 N–H and O–H groups in total. The molecule has 0 aliphatic heterocycles. The van der Waals surface area contributed by atoms with E-state index in [1.165, 1.54) is 0 Å². The van der Waals surface area contributed by atoms with Gasteiger partial charge in [0.2, 0.25) is 0 Å². The van der Waals surface area contributed by atoms with Gasteiger partial charge < -0.3 is 10.1 Å². The second-order valence-corrected chi connectivity index (χ2v) is 7.31. The minimum Gasteiger partial charge on any atom is -0.859 e. The van der Waals surface area contributed by atoms with Gasteiger partial charge in [0.1, 0.15) is 4.83 Å². The number of nitrogens with one attached hydrogen (secondary N) is 1. The van der Waals surface area contributed by atoms with Gasteiger partial charge in [0.25, 0.3) is 0 Å². The molecule has 11 heteroatoms. The molecule has 0 unspecified atom stereocenters. The summed E-state index contributed by atoms with van der Waals surface area (Å²) in [4.78, 5) is 21.2. The van der Waals surface area contributed by atoms with E-state index in [0.29, 0.717) is 5.56 Å². The van der Waals surface area contributed by atoms with Crippen molar-refractivity contribution in [3.05, 3.63) is 50.9 Å². The number of halogens is 4. The standard InChI is InChI=1S/C16H7BrF3N3O2S.Na/c17-7-3-1-6(2-4-7)9-5-8(16(18,19)20)10-11-12(26-14(10)21-9)13(24)23-15(25)22-11;/h1-5H,(H2,22,23,24,25);/q;+1/p-1. The smallest absolute Gasteiger partial charge is 0.859 e. The first kappa shape index (κ1) is 20.3. The number of hydrogen-bond acceptors (Lipinski definition) is 5. The molecule has 4 rings (SSSR count). The number of pyridine rings is 1. The molecule has 1 aromatic carbocycles. The van der Waals surface area contributed by atoms with Crippen LogP contribution in [0, 0.1) is 0 Å². The quantitative estimate of drug-likeness (QED) is 0.428. The zero-order valence-corrected chi connectivity index (χ0v) is 17.9. The normalized spacial score (nSPS) is 11.7. The van der Waals surface area contributed by atoms with Gasteiger partial charge in [-0.1, -0.05) is 28.1 Å². The Labute approximate surface area is 183 Å². The third-order valence-electron chi connectivity index (χ3n) is 3.72. The Morgan fingerprint density at radius 3 is 2.44 bits per heavy atom. The molecule has 132 valence electrons. The van der Waals surface area contributed by atoms with Gasteiger partial charge in [-0.2, -0.15) is 18.2 Å². The minimum atomic E-state index is -4.70. The van der Waals surface area contributed by atoms with E-state index in [0.717, 1.165) is 21.9 Å². The van der Waals surface area contributed by atoms with Crippen LogP contribution in [-0.4, -0.2) is 15.0 Å². The maximum Gasteiger partial charge on any atom is 1.00 e. The maximum atomic E-state index is 13.7. The Kier molecular flexibility index (Phi) is 5.39. The average Bonchev–Trinajstić information content (AvgIpc) is 2.92. The zero-order chi connectivity index (χ0) is 18.6. The van der Waals surface area contributed by atoms with Crippen LogP contribution in [0.1, 0.15) is 5.56 Å². The fraction of sp³-hybridized carbons (Fsp3) is 0.0625. The number of fused-ring (bicyclic) bond motifs is 3. The number of thiophene rings is 1.